The highest BCUT2D eigenvalue weighted by Crippen LogP contribution is 2.51. The molecule has 4 aromatic rings. The fraction of sp³-hybridized carbons (Fsp3) is 0.556. The second kappa shape index (κ2) is 11.8. The number of halogens is 2. The van der Waals surface area contributed by atoms with E-state index in [1.165, 1.54) is 5.57 Å². The van der Waals surface area contributed by atoms with Crippen LogP contribution in [0, 0.1) is 5.82 Å². The van der Waals surface area contributed by atoms with Gasteiger partial charge in [-0.15, -0.1) is 0 Å². The number of ether oxygens (including phenoxy) is 4. The third kappa shape index (κ3) is 5.00. The first kappa shape index (κ1) is 30.3. The molecule has 8 heterocycles. The number of nitrogens with zero attached hydrogens (tertiary/aromatic N) is 6. The first-order valence-electron chi connectivity index (χ1n) is 17.8. The maximum Gasteiger partial charge on any atom is 0.319 e. The van der Waals surface area contributed by atoms with Gasteiger partial charge in [0.2, 0.25) is 5.88 Å². The molecule has 5 fully saturated rings. The van der Waals surface area contributed by atoms with Crippen molar-refractivity contribution in [2.24, 2.45) is 0 Å². The summed E-state index contributed by atoms with van der Waals surface area (Å²) in [6, 6.07) is 1.93. The van der Waals surface area contributed by atoms with E-state index in [0.29, 0.717) is 60.6 Å². The van der Waals surface area contributed by atoms with Gasteiger partial charge in [0.15, 0.2) is 5.82 Å². The van der Waals surface area contributed by atoms with Gasteiger partial charge in [-0.3, -0.25) is 10.00 Å². The number of aromatic nitrogens is 5. The van der Waals surface area contributed by atoms with E-state index in [1.807, 2.05) is 6.07 Å². The van der Waals surface area contributed by atoms with E-state index in [9.17, 15) is 0 Å². The maximum atomic E-state index is 17.3. The Kier molecular flexibility index (Phi) is 7.26. The summed E-state index contributed by atoms with van der Waals surface area (Å²) in [5.41, 5.74) is 5.52. The Hall–Kier alpha value is -3.58. The normalized spacial score (nSPS) is 25.8. The smallest absolute Gasteiger partial charge is 0.319 e. The lowest BCUT2D eigenvalue weighted by molar-refractivity contribution is 0.107. The van der Waals surface area contributed by atoms with Crippen LogP contribution in [0.15, 0.2) is 23.4 Å². The number of H-pyrrole nitrogens is 1. The second-order valence-corrected chi connectivity index (χ2v) is 14.9. The molecule has 6 aliphatic rings. The molecule has 0 spiro atoms. The number of pyridine rings is 1. The lowest BCUT2D eigenvalue weighted by Gasteiger charge is -2.31. The highest BCUT2D eigenvalue weighted by molar-refractivity contribution is 6.33. The molecule has 1 aromatic carbocycles. The maximum absolute atomic E-state index is 17.3. The van der Waals surface area contributed by atoms with Crippen LogP contribution in [0.5, 0.6) is 11.9 Å². The minimum atomic E-state index is -0.542. The Morgan fingerprint density at radius 1 is 1.04 bits per heavy atom. The third-order valence-electron chi connectivity index (χ3n) is 11.5. The molecule has 49 heavy (non-hydrogen) atoms. The third-order valence-corrected chi connectivity index (χ3v) is 11.8. The summed E-state index contributed by atoms with van der Waals surface area (Å²) < 4.78 is 41.9. The zero-order valence-corrected chi connectivity index (χ0v) is 28.2. The molecule has 5 aliphatic heterocycles. The van der Waals surface area contributed by atoms with Gasteiger partial charge in [-0.25, -0.2) is 9.37 Å². The van der Waals surface area contributed by atoms with Crippen molar-refractivity contribution >= 4 is 39.2 Å². The van der Waals surface area contributed by atoms with Gasteiger partial charge in [0.25, 0.3) is 0 Å². The molecule has 0 unspecified atom stereocenters. The lowest BCUT2D eigenvalue weighted by Crippen LogP contribution is -2.43. The van der Waals surface area contributed by atoms with Crippen LogP contribution in [0.2, 0.25) is 5.02 Å². The van der Waals surface area contributed by atoms with Crippen LogP contribution in [-0.2, 0) is 9.47 Å². The van der Waals surface area contributed by atoms with Gasteiger partial charge < -0.3 is 23.8 Å². The summed E-state index contributed by atoms with van der Waals surface area (Å²) in [6.07, 6.45) is 9.69. The number of benzene rings is 1. The van der Waals surface area contributed by atoms with E-state index in [4.69, 9.17) is 45.5 Å². The Morgan fingerprint density at radius 2 is 1.94 bits per heavy atom. The Morgan fingerprint density at radius 3 is 2.82 bits per heavy atom. The van der Waals surface area contributed by atoms with Crippen LogP contribution in [0.1, 0.15) is 62.8 Å². The minimum absolute atomic E-state index is 0.115. The molecular formula is C36H39ClFN7O4. The van der Waals surface area contributed by atoms with E-state index in [1.54, 1.807) is 11.8 Å². The molecule has 0 bridgehead atoms. The van der Waals surface area contributed by atoms with Gasteiger partial charge in [0.1, 0.15) is 35.6 Å². The van der Waals surface area contributed by atoms with E-state index in [-0.39, 0.29) is 34.7 Å². The molecule has 256 valence electrons. The second-order valence-electron chi connectivity index (χ2n) is 14.5. The zero-order chi connectivity index (χ0) is 32.7. The number of hydrogen-bond donors (Lipinski definition) is 1. The van der Waals surface area contributed by atoms with E-state index in [2.05, 4.69) is 20.0 Å². The predicted molar refractivity (Wildman–Crippen MR) is 182 cm³/mol. The summed E-state index contributed by atoms with van der Waals surface area (Å²) in [5, 5.41) is 9.09. The van der Waals surface area contributed by atoms with Gasteiger partial charge in [-0.2, -0.15) is 15.1 Å². The average Bonchev–Trinajstić information content (AvgIpc) is 3.69. The summed E-state index contributed by atoms with van der Waals surface area (Å²) >= 11 is 6.88. The highest BCUT2D eigenvalue weighted by atomic mass is 35.5. The SMILES string of the molecule is Fc1c(-c2c(C3CC3)c(Cl)cc3[nH]ncc23)nc2c3c(nc(OC[C@@]45CCCN4CC(=C4CCOCC4)C5)nc13)N1CCCOC[C@H]1CO2. The predicted octanol–water partition coefficient (Wildman–Crippen LogP) is 5.95. The van der Waals surface area contributed by atoms with Crippen molar-refractivity contribution < 1.29 is 23.3 Å². The van der Waals surface area contributed by atoms with Crippen molar-refractivity contribution in [2.45, 2.75) is 68.9 Å². The van der Waals surface area contributed by atoms with Gasteiger partial charge in [-0.05, 0) is 75.5 Å². The number of anilines is 1. The van der Waals surface area contributed by atoms with Crippen molar-refractivity contribution in [2.75, 3.05) is 64.2 Å². The molecule has 11 nitrogen and oxygen atoms in total. The van der Waals surface area contributed by atoms with E-state index >= 15 is 4.39 Å². The first-order chi connectivity index (χ1) is 24.1. The molecule has 10 rings (SSSR count). The summed E-state index contributed by atoms with van der Waals surface area (Å²) in [6.45, 7) is 6.21. The van der Waals surface area contributed by atoms with Crippen LogP contribution < -0.4 is 14.4 Å². The van der Waals surface area contributed by atoms with Gasteiger partial charge in [0.05, 0.1) is 43.1 Å². The number of fused-ring (bicyclic) bond motifs is 4. The Bertz CT molecular complexity index is 2010. The molecule has 4 saturated heterocycles. The number of rotatable bonds is 5. The molecule has 1 aliphatic carbocycles. The van der Waals surface area contributed by atoms with Gasteiger partial charge in [-0.1, -0.05) is 22.7 Å². The molecule has 1 saturated carbocycles. The molecule has 3 aromatic heterocycles. The standard InChI is InChI=1S/C36H39ClFN7O4/c37-25-13-26-24(15-39-43-26)28(27(25)21-3-4-21)31-30(38)32-29-33(45-9-2-10-47-17-23(45)18-48-34(29)40-31)42-35(41-32)49-19-36-7-1-8-44(36)16-22(14-36)20-5-11-46-12-6-20/h13,15,21,23H,1-12,14,16-19H2,(H,39,43)/t23-,36-/m0/s1. The highest BCUT2D eigenvalue weighted by Gasteiger charge is 2.48. The number of nitrogens with one attached hydrogen (secondary N) is 1. The molecule has 2 atom stereocenters. The van der Waals surface area contributed by atoms with Crippen LogP contribution in [0.3, 0.4) is 0 Å². The lowest BCUT2D eigenvalue weighted by atomic mass is 9.90. The fourth-order valence-corrected chi connectivity index (χ4v) is 9.27. The quantitative estimate of drug-likeness (QED) is 0.253. The van der Waals surface area contributed by atoms with Crippen LogP contribution in [0.25, 0.3) is 33.1 Å². The van der Waals surface area contributed by atoms with E-state index in [0.717, 1.165) is 94.1 Å². The average molecular weight is 688 g/mol. The molecule has 13 heteroatoms. The van der Waals surface area contributed by atoms with Crippen molar-refractivity contribution in [3.05, 3.63) is 39.8 Å². The summed E-state index contributed by atoms with van der Waals surface area (Å²) in [5.74, 6) is 0.582. The molecular weight excluding hydrogens is 649 g/mol. The van der Waals surface area contributed by atoms with Crippen molar-refractivity contribution in [1.82, 2.24) is 30.0 Å². The largest absolute Gasteiger partial charge is 0.475 e. The molecule has 0 amide bonds. The number of aromatic amines is 1. The molecule has 1 N–H and O–H groups in total. The van der Waals surface area contributed by atoms with Crippen molar-refractivity contribution in [3.63, 3.8) is 0 Å². The van der Waals surface area contributed by atoms with E-state index < -0.39 is 5.82 Å². The van der Waals surface area contributed by atoms with Crippen LogP contribution in [-0.4, -0.2) is 101 Å². The van der Waals surface area contributed by atoms with Crippen LogP contribution >= 0.6 is 11.6 Å². The minimum Gasteiger partial charge on any atom is -0.475 e. The van der Waals surface area contributed by atoms with Crippen molar-refractivity contribution in [3.8, 4) is 23.1 Å². The fourth-order valence-electron chi connectivity index (χ4n) is 8.91. The monoisotopic (exact) mass is 687 g/mol. The van der Waals surface area contributed by atoms with Gasteiger partial charge >= 0.3 is 6.01 Å². The number of hydrogen-bond acceptors (Lipinski definition) is 10. The summed E-state index contributed by atoms with van der Waals surface area (Å²) in [7, 11) is 0. The zero-order valence-electron chi connectivity index (χ0n) is 27.4. The topological polar surface area (TPSA) is 111 Å². The molecule has 0 radical (unpaired) electrons. The Labute approximate surface area is 288 Å². The summed E-state index contributed by atoms with van der Waals surface area (Å²) in [4.78, 5) is 19.5. The van der Waals surface area contributed by atoms with Crippen LogP contribution in [0.4, 0.5) is 10.2 Å². The van der Waals surface area contributed by atoms with Gasteiger partial charge in [0, 0.05) is 35.7 Å². The van der Waals surface area contributed by atoms with Crippen molar-refractivity contribution in [1.29, 1.82) is 0 Å². The first-order valence-corrected chi connectivity index (χ1v) is 18.1. The Balaban J connectivity index is 1.11.